The van der Waals surface area contributed by atoms with Gasteiger partial charge < -0.3 is 10.4 Å². The third kappa shape index (κ3) is 2.45. The maximum Gasteiger partial charge on any atom is 0.274 e. The van der Waals surface area contributed by atoms with Crippen molar-refractivity contribution in [2.75, 3.05) is 5.32 Å². The Labute approximate surface area is 121 Å². The minimum Gasteiger partial charge on any atom is -0.508 e. The van der Waals surface area contributed by atoms with Crippen LogP contribution in [0.3, 0.4) is 0 Å². The van der Waals surface area contributed by atoms with Crippen LogP contribution in [0.4, 0.5) is 5.69 Å². The molecule has 0 saturated heterocycles. The van der Waals surface area contributed by atoms with E-state index < -0.39 is 0 Å². The Bertz CT molecular complexity index is 819. The molecule has 0 aliphatic carbocycles. The Morgan fingerprint density at radius 3 is 2.62 bits per heavy atom. The largest absolute Gasteiger partial charge is 0.508 e. The Morgan fingerprint density at radius 2 is 1.90 bits per heavy atom. The summed E-state index contributed by atoms with van der Waals surface area (Å²) >= 11 is 0. The van der Waals surface area contributed by atoms with E-state index in [1.165, 1.54) is 12.1 Å². The third-order valence-electron chi connectivity index (χ3n) is 3.30. The summed E-state index contributed by atoms with van der Waals surface area (Å²) < 4.78 is 1.78. The summed E-state index contributed by atoms with van der Waals surface area (Å²) in [6.07, 6.45) is 1.84. The average Bonchev–Trinajstić information content (AvgIpc) is 2.76. The molecule has 0 spiro atoms. The summed E-state index contributed by atoms with van der Waals surface area (Å²) in [6.45, 7) is 3.80. The fourth-order valence-corrected chi connectivity index (χ4v) is 2.27. The number of hydrogen-bond acceptors (Lipinski definition) is 3. The smallest absolute Gasteiger partial charge is 0.274 e. The normalized spacial score (nSPS) is 10.8. The number of rotatable bonds is 2. The van der Waals surface area contributed by atoms with Crippen molar-refractivity contribution in [2.24, 2.45) is 0 Å². The van der Waals surface area contributed by atoms with E-state index in [0.717, 1.165) is 11.2 Å². The first-order valence-corrected chi connectivity index (χ1v) is 6.60. The number of aromatic nitrogens is 2. The molecule has 2 N–H and O–H groups in total. The Hall–Kier alpha value is -2.82. The number of hydrogen-bond donors (Lipinski definition) is 2. The number of pyridine rings is 1. The van der Waals surface area contributed by atoms with E-state index >= 15 is 0 Å². The number of anilines is 1. The van der Waals surface area contributed by atoms with E-state index in [1.807, 2.05) is 32.2 Å². The second-order valence-electron chi connectivity index (χ2n) is 4.98. The van der Waals surface area contributed by atoms with Crippen LogP contribution in [-0.2, 0) is 0 Å². The number of aryl methyl sites for hydroxylation is 2. The predicted molar refractivity (Wildman–Crippen MR) is 80.7 cm³/mol. The van der Waals surface area contributed by atoms with Crippen LogP contribution in [0.15, 0.2) is 42.6 Å². The number of nitrogens with zero attached hydrogens (tertiary/aromatic N) is 2. The van der Waals surface area contributed by atoms with Crippen LogP contribution >= 0.6 is 0 Å². The van der Waals surface area contributed by atoms with Gasteiger partial charge in [0, 0.05) is 11.9 Å². The van der Waals surface area contributed by atoms with Crippen LogP contribution in [0, 0.1) is 13.8 Å². The van der Waals surface area contributed by atoms with Gasteiger partial charge in [-0.25, -0.2) is 4.98 Å². The Morgan fingerprint density at radius 1 is 1.19 bits per heavy atom. The lowest BCUT2D eigenvalue weighted by Gasteiger charge is -2.06. The summed E-state index contributed by atoms with van der Waals surface area (Å²) in [7, 11) is 0. The molecule has 1 aromatic carbocycles. The number of benzene rings is 1. The van der Waals surface area contributed by atoms with Crippen LogP contribution in [-0.4, -0.2) is 20.4 Å². The second kappa shape index (κ2) is 4.94. The van der Waals surface area contributed by atoms with Gasteiger partial charge in [-0.05, 0) is 55.8 Å². The molecule has 0 atom stereocenters. The lowest BCUT2D eigenvalue weighted by Crippen LogP contribution is -2.15. The lowest BCUT2D eigenvalue weighted by atomic mass is 10.2. The summed E-state index contributed by atoms with van der Waals surface area (Å²) in [5, 5.41) is 12.1. The number of amides is 1. The van der Waals surface area contributed by atoms with Crippen LogP contribution in [0.25, 0.3) is 5.65 Å². The molecule has 2 aromatic heterocycles. The van der Waals surface area contributed by atoms with E-state index in [4.69, 9.17) is 0 Å². The van der Waals surface area contributed by atoms with Gasteiger partial charge in [-0.1, -0.05) is 0 Å². The molecule has 0 fully saturated rings. The van der Waals surface area contributed by atoms with Gasteiger partial charge in [0.2, 0.25) is 0 Å². The zero-order chi connectivity index (χ0) is 15.0. The predicted octanol–water partition coefficient (Wildman–Crippen LogP) is 2.91. The highest BCUT2D eigenvalue weighted by Crippen LogP contribution is 2.17. The monoisotopic (exact) mass is 281 g/mol. The quantitative estimate of drug-likeness (QED) is 0.710. The highest BCUT2D eigenvalue weighted by Gasteiger charge is 2.16. The number of phenolic OH excluding ortho intramolecular Hbond substituents is 1. The summed E-state index contributed by atoms with van der Waals surface area (Å²) in [4.78, 5) is 16.9. The molecule has 0 radical (unpaired) electrons. The number of fused-ring (bicyclic) bond motifs is 1. The molecular weight excluding hydrogens is 266 g/mol. The van der Waals surface area contributed by atoms with E-state index in [1.54, 1.807) is 16.5 Å². The van der Waals surface area contributed by atoms with Crippen molar-refractivity contribution >= 4 is 17.2 Å². The van der Waals surface area contributed by atoms with Crippen LogP contribution < -0.4 is 5.32 Å². The number of phenols is 1. The average molecular weight is 281 g/mol. The molecule has 2 heterocycles. The number of nitrogens with one attached hydrogen (secondary N) is 1. The summed E-state index contributed by atoms with van der Waals surface area (Å²) in [6, 6.07) is 10.2. The van der Waals surface area contributed by atoms with Crippen molar-refractivity contribution < 1.29 is 9.90 Å². The highest BCUT2D eigenvalue weighted by molar-refractivity contribution is 6.04. The van der Waals surface area contributed by atoms with Crippen LogP contribution in [0.1, 0.15) is 21.7 Å². The van der Waals surface area contributed by atoms with Gasteiger partial charge in [-0.3, -0.25) is 9.20 Å². The van der Waals surface area contributed by atoms with Crippen LogP contribution in [0.2, 0.25) is 0 Å². The third-order valence-corrected chi connectivity index (χ3v) is 3.30. The Kier molecular flexibility index (Phi) is 3.10. The van der Waals surface area contributed by atoms with Gasteiger partial charge in [-0.2, -0.15) is 0 Å². The first-order chi connectivity index (χ1) is 10.0. The van der Waals surface area contributed by atoms with Crippen LogP contribution in [0.5, 0.6) is 5.75 Å². The molecule has 0 bridgehead atoms. The fourth-order valence-electron chi connectivity index (χ4n) is 2.27. The number of imidazole rings is 1. The second-order valence-corrected chi connectivity index (χ2v) is 4.98. The van der Waals surface area contributed by atoms with E-state index in [0.29, 0.717) is 17.1 Å². The standard InChI is InChI=1S/C16H15N3O2/c1-10-7-8-19-14(9-10)17-11(2)15(19)16(21)18-12-3-5-13(20)6-4-12/h3-9,20H,1-2H3,(H,18,21). The molecule has 3 aromatic rings. The van der Waals surface area contributed by atoms with Crippen molar-refractivity contribution in [2.45, 2.75) is 13.8 Å². The molecule has 0 unspecified atom stereocenters. The molecule has 0 saturated carbocycles. The van der Waals surface area contributed by atoms with Gasteiger partial charge in [0.1, 0.15) is 17.1 Å². The zero-order valence-electron chi connectivity index (χ0n) is 11.8. The first-order valence-electron chi connectivity index (χ1n) is 6.60. The van der Waals surface area contributed by atoms with E-state index in [2.05, 4.69) is 10.3 Å². The molecule has 5 nitrogen and oxygen atoms in total. The van der Waals surface area contributed by atoms with Crippen molar-refractivity contribution in [3.8, 4) is 5.75 Å². The van der Waals surface area contributed by atoms with Gasteiger partial charge in [0.05, 0.1) is 5.69 Å². The molecule has 21 heavy (non-hydrogen) atoms. The van der Waals surface area contributed by atoms with E-state index in [-0.39, 0.29) is 11.7 Å². The van der Waals surface area contributed by atoms with Crippen molar-refractivity contribution in [1.82, 2.24) is 9.38 Å². The number of aromatic hydroxyl groups is 1. The maximum absolute atomic E-state index is 12.4. The molecule has 0 aliphatic rings. The number of carbonyl (C=O) groups is 1. The summed E-state index contributed by atoms with van der Waals surface area (Å²) in [5.41, 5.74) is 3.66. The maximum atomic E-state index is 12.4. The van der Waals surface area contributed by atoms with Gasteiger partial charge >= 0.3 is 0 Å². The van der Waals surface area contributed by atoms with Crippen molar-refractivity contribution in [3.63, 3.8) is 0 Å². The SMILES string of the molecule is Cc1ccn2c(C(=O)Nc3ccc(O)cc3)c(C)nc2c1. The van der Waals surface area contributed by atoms with Crippen molar-refractivity contribution in [1.29, 1.82) is 0 Å². The molecular formula is C16H15N3O2. The lowest BCUT2D eigenvalue weighted by molar-refractivity contribution is 0.102. The summed E-state index contributed by atoms with van der Waals surface area (Å²) in [5.74, 6) is -0.0657. The van der Waals surface area contributed by atoms with E-state index in [9.17, 15) is 9.90 Å². The van der Waals surface area contributed by atoms with Gasteiger partial charge in [0.25, 0.3) is 5.91 Å². The minimum atomic E-state index is -0.227. The molecule has 0 aliphatic heterocycles. The Balaban J connectivity index is 1.97. The van der Waals surface area contributed by atoms with Gasteiger partial charge in [-0.15, -0.1) is 0 Å². The van der Waals surface area contributed by atoms with Gasteiger partial charge in [0.15, 0.2) is 0 Å². The topological polar surface area (TPSA) is 66.6 Å². The molecule has 3 rings (SSSR count). The number of carbonyl (C=O) groups excluding carboxylic acids is 1. The highest BCUT2D eigenvalue weighted by atomic mass is 16.3. The zero-order valence-corrected chi connectivity index (χ0v) is 11.8. The minimum absolute atomic E-state index is 0.162. The first kappa shape index (κ1) is 13.2. The molecule has 106 valence electrons. The fraction of sp³-hybridized carbons (Fsp3) is 0.125. The molecule has 1 amide bonds. The molecule has 5 heteroatoms. The van der Waals surface area contributed by atoms with Crippen molar-refractivity contribution in [3.05, 3.63) is 59.5 Å².